The number of hydrogen-bond donors (Lipinski definition) is 2. The van der Waals surface area contributed by atoms with Gasteiger partial charge in [0.2, 0.25) is 5.91 Å². The number of amides is 3. The van der Waals surface area contributed by atoms with Gasteiger partial charge in [0.1, 0.15) is 0 Å². The maximum absolute atomic E-state index is 12.8. The fraction of sp³-hybridized carbons (Fsp3) is 0.600. The molecule has 7 heteroatoms. The lowest BCUT2D eigenvalue weighted by molar-refractivity contribution is -0.123. The number of rotatable bonds is 7. The minimum atomic E-state index is -0.392. The van der Waals surface area contributed by atoms with Crippen molar-refractivity contribution in [1.82, 2.24) is 15.5 Å². The van der Waals surface area contributed by atoms with Crippen molar-refractivity contribution < 1.29 is 14.3 Å². The van der Waals surface area contributed by atoms with Crippen molar-refractivity contribution in [3.63, 3.8) is 0 Å². The van der Waals surface area contributed by atoms with Gasteiger partial charge in [0.05, 0.1) is 12.0 Å². The van der Waals surface area contributed by atoms with E-state index in [1.54, 1.807) is 7.11 Å². The van der Waals surface area contributed by atoms with E-state index in [9.17, 15) is 9.59 Å². The van der Waals surface area contributed by atoms with Crippen LogP contribution in [0.1, 0.15) is 31.2 Å². The lowest BCUT2D eigenvalue weighted by atomic mass is 9.94. The summed E-state index contributed by atoms with van der Waals surface area (Å²) in [6.45, 7) is 3.06. The van der Waals surface area contributed by atoms with Gasteiger partial charge in [-0.15, -0.1) is 0 Å². The van der Waals surface area contributed by atoms with Gasteiger partial charge in [-0.1, -0.05) is 23.7 Å². The highest BCUT2D eigenvalue weighted by Gasteiger charge is 2.51. The van der Waals surface area contributed by atoms with Gasteiger partial charge in [0.15, 0.2) is 0 Å². The van der Waals surface area contributed by atoms with Gasteiger partial charge in [-0.2, -0.15) is 0 Å². The molecule has 0 aromatic heterocycles. The molecule has 2 N–H and O–H groups in total. The number of carbonyl (C=O) groups is 2. The van der Waals surface area contributed by atoms with Crippen molar-refractivity contribution in [1.29, 1.82) is 0 Å². The molecule has 3 amide bonds. The largest absolute Gasteiger partial charge is 0.383 e. The molecule has 1 atom stereocenters. The third-order valence-corrected chi connectivity index (χ3v) is 5.77. The first-order chi connectivity index (χ1) is 13.0. The van der Waals surface area contributed by atoms with Crippen LogP contribution in [0.4, 0.5) is 4.79 Å². The Bertz CT molecular complexity index is 661. The second-order valence-electron chi connectivity index (χ2n) is 7.48. The number of likely N-dealkylation sites (tertiary alicyclic amines) is 1. The lowest BCUT2D eigenvalue weighted by Crippen LogP contribution is -2.48. The first-order valence-electron chi connectivity index (χ1n) is 9.61. The molecule has 0 radical (unpaired) electrons. The van der Waals surface area contributed by atoms with Gasteiger partial charge in [-0.3, -0.25) is 4.79 Å². The lowest BCUT2D eigenvalue weighted by Gasteiger charge is -2.33. The van der Waals surface area contributed by atoms with E-state index < -0.39 is 5.41 Å². The normalized spacial score (nSPS) is 20.8. The van der Waals surface area contributed by atoms with Gasteiger partial charge in [0.25, 0.3) is 0 Å². The minimum Gasteiger partial charge on any atom is -0.383 e. The first-order valence-corrected chi connectivity index (χ1v) is 9.99. The van der Waals surface area contributed by atoms with E-state index in [4.69, 9.17) is 16.3 Å². The molecule has 2 aliphatic rings. The van der Waals surface area contributed by atoms with Crippen LogP contribution in [0.3, 0.4) is 0 Å². The highest BCUT2D eigenvalue weighted by atomic mass is 35.5. The molecule has 3 rings (SSSR count). The number of methoxy groups -OCH3 is 1. The van der Waals surface area contributed by atoms with E-state index in [1.807, 2.05) is 29.2 Å². The molecule has 1 unspecified atom stereocenters. The van der Waals surface area contributed by atoms with Gasteiger partial charge in [0, 0.05) is 38.3 Å². The number of nitrogens with zero attached hydrogens (tertiary/aromatic N) is 1. The van der Waals surface area contributed by atoms with Crippen LogP contribution in [0, 0.1) is 5.92 Å². The molecule has 6 nitrogen and oxygen atoms in total. The molecular formula is C20H28ClN3O3. The molecule has 148 valence electrons. The fourth-order valence-corrected chi connectivity index (χ4v) is 3.86. The Balaban J connectivity index is 1.48. The predicted molar refractivity (Wildman–Crippen MR) is 105 cm³/mol. The minimum absolute atomic E-state index is 0.0529. The third kappa shape index (κ3) is 4.93. The first kappa shape index (κ1) is 20.0. The molecular weight excluding hydrogens is 366 g/mol. The Morgan fingerprint density at radius 1 is 1.26 bits per heavy atom. The summed E-state index contributed by atoms with van der Waals surface area (Å²) in [7, 11) is 1.61. The highest BCUT2D eigenvalue weighted by molar-refractivity contribution is 6.30. The van der Waals surface area contributed by atoms with E-state index in [1.165, 1.54) is 0 Å². The Morgan fingerprint density at radius 3 is 2.67 bits per heavy atom. The summed E-state index contributed by atoms with van der Waals surface area (Å²) in [5.41, 5.74) is 0.642. The van der Waals surface area contributed by atoms with Crippen molar-refractivity contribution in [2.75, 3.05) is 39.9 Å². The second-order valence-corrected chi connectivity index (χ2v) is 7.91. The van der Waals surface area contributed by atoms with E-state index in [0.29, 0.717) is 31.3 Å². The number of nitrogens with one attached hydrogen (secondary N) is 2. The molecule has 0 spiro atoms. The monoisotopic (exact) mass is 393 g/mol. The van der Waals surface area contributed by atoms with Crippen LogP contribution < -0.4 is 10.6 Å². The molecule has 1 aromatic rings. The molecule has 1 saturated carbocycles. The standard InChI is InChI=1S/C20H28ClN3O3/c1-27-12-10-22-19(26)24-11-2-3-15(14-24)13-23-18(25)20(8-9-20)16-4-6-17(21)7-5-16/h4-7,15H,2-3,8-14H2,1H3,(H,22,26)(H,23,25). The average molecular weight is 394 g/mol. The molecule has 1 aliphatic carbocycles. The number of carbonyl (C=O) groups excluding carboxylic acids is 2. The van der Waals surface area contributed by atoms with Crippen LogP contribution >= 0.6 is 11.6 Å². The zero-order valence-corrected chi connectivity index (χ0v) is 16.6. The van der Waals surface area contributed by atoms with Crippen LogP contribution in [-0.2, 0) is 14.9 Å². The molecule has 1 aliphatic heterocycles. The number of halogens is 1. The average Bonchev–Trinajstić information content (AvgIpc) is 3.49. The molecule has 2 fully saturated rings. The summed E-state index contributed by atoms with van der Waals surface area (Å²) < 4.78 is 4.96. The topological polar surface area (TPSA) is 70.7 Å². The van der Waals surface area contributed by atoms with E-state index in [0.717, 1.165) is 37.8 Å². The summed E-state index contributed by atoms with van der Waals surface area (Å²) in [4.78, 5) is 26.8. The summed E-state index contributed by atoms with van der Waals surface area (Å²) in [6, 6.07) is 7.52. The highest BCUT2D eigenvalue weighted by Crippen LogP contribution is 2.48. The smallest absolute Gasteiger partial charge is 0.317 e. The summed E-state index contributed by atoms with van der Waals surface area (Å²) in [5.74, 6) is 0.378. The van der Waals surface area contributed by atoms with Crippen molar-refractivity contribution in [3.05, 3.63) is 34.9 Å². The van der Waals surface area contributed by atoms with Gasteiger partial charge >= 0.3 is 6.03 Å². The number of piperidine rings is 1. The third-order valence-electron chi connectivity index (χ3n) is 5.52. The number of hydrogen-bond acceptors (Lipinski definition) is 3. The summed E-state index contributed by atoms with van der Waals surface area (Å²) in [6.07, 6.45) is 3.73. The van der Waals surface area contributed by atoms with Crippen LogP contribution in [0.25, 0.3) is 0 Å². The van der Waals surface area contributed by atoms with Gasteiger partial charge in [-0.25, -0.2) is 4.79 Å². The number of urea groups is 1. The number of benzene rings is 1. The van der Waals surface area contributed by atoms with Crippen molar-refractivity contribution >= 4 is 23.5 Å². The molecule has 0 bridgehead atoms. The van der Waals surface area contributed by atoms with Crippen molar-refractivity contribution in [2.24, 2.45) is 5.92 Å². The maximum atomic E-state index is 12.8. The second kappa shape index (κ2) is 8.93. The Morgan fingerprint density at radius 2 is 2.00 bits per heavy atom. The van der Waals surface area contributed by atoms with Crippen LogP contribution in [-0.4, -0.2) is 56.7 Å². The SMILES string of the molecule is COCCNC(=O)N1CCCC(CNC(=O)C2(c3ccc(Cl)cc3)CC2)C1. The van der Waals surface area contributed by atoms with Crippen LogP contribution in [0.2, 0.25) is 5.02 Å². The van der Waals surface area contributed by atoms with Gasteiger partial charge < -0.3 is 20.3 Å². The molecule has 1 heterocycles. The zero-order valence-electron chi connectivity index (χ0n) is 15.8. The Hall–Kier alpha value is -1.79. The zero-order chi connectivity index (χ0) is 19.3. The predicted octanol–water partition coefficient (Wildman–Crippen LogP) is 2.56. The van der Waals surface area contributed by atoms with E-state index in [-0.39, 0.29) is 17.9 Å². The van der Waals surface area contributed by atoms with E-state index in [2.05, 4.69) is 10.6 Å². The summed E-state index contributed by atoms with van der Waals surface area (Å²) in [5, 5.41) is 6.67. The maximum Gasteiger partial charge on any atom is 0.317 e. The van der Waals surface area contributed by atoms with E-state index >= 15 is 0 Å². The number of ether oxygens (including phenoxy) is 1. The quantitative estimate of drug-likeness (QED) is 0.699. The van der Waals surface area contributed by atoms with Crippen LogP contribution in [0.15, 0.2) is 24.3 Å². The van der Waals surface area contributed by atoms with Crippen molar-refractivity contribution in [2.45, 2.75) is 31.1 Å². The fourth-order valence-electron chi connectivity index (χ4n) is 3.73. The Kier molecular flexibility index (Phi) is 6.60. The van der Waals surface area contributed by atoms with Crippen molar-refractivity contribution in [3.8, 4) is 0 Å². The molecule has 1 saturated heterocycles. The van der Waals surface area contributed by atoms with Gasteiger partial charge in [-0.05, 0) is 49.3 Å². The summed E-state index contributed by atoms with van der Waals surface area (Å²) >= 11 is 5.96. The van der Waals surface area contributed by atoms with Crippen LogP contribution in [0.5, 0.6) is 0 Å². The Labute approximate surface area is 165 Å². The molecule has 27 heavy (non-hydrogen) atoms. The molecule has 1 aromatic carbocycles.